The van der Waals surface area contributed by atoms with Crippen LogP contribution in [0.4, 0.5) is 16.2 Å². The molecule has 36 heavy (non-hydrogen) atoms. The van der Waals surface area contributed by atoms with Crippen molar-refractivity contribution in [2.45, 2.75) is 6.17 Å². The molecule has 178 valence electrons. The fourth-order valence-corrected chi connectivity index (χ4v) is 4.00. The zero-order valence-corrected chi connectivity index (χ0v) is 19.6. The van der Waals surface area contributed by atoms with Crippen molar-refractivity contribution in [3.8, 4) is 11.5 Å². The van der Waals surface area contributed by atoms with E-state index in [2.05, 4.69) is 10.6 Å². The first-order valence-corrected chi connectivity index (χ1v) is 11.5. The molecule has 1 atom stereocenters. The van der Waals surface area contributed by atoms with Gasteiger partial charge in [-0.3, -0.25) is 4.79 Å². The summed E-state index contributed by atoms with van der Waals surface area (Å²) in [4.78, 5) is 32.4. The Labute approximate surface area is 209 Å². The summed E-state index contributed by atoms with van der Waals surface area (Å²) in [5.74, 6) is 0.919. The van der Waals surface area contributed by atoms with E-state index in [1.54, 1.807) is 31.3 Å². The maximum Gasteiger partial charge on any atom is 0.321 e. The Kier molecular flexibility index (Phi) is 6.44. The molecule has 2 N–H and O–H groups in total. The van der Waals surface area contributed by atoms with Gasteiger partial charge in [-0.1, -0.05) is 72.8 Å². The van der Waals surface area contributed by atoms with Crippen molar-refractivity contribution in [3.63, 3.8) is 0 Å². The summed E-state index contributed by atoms with van der Waals surface area (Å²) in [5.41, 5.74) is 3.54. The number of hydrogen-bond donors (Lipinski definition) is 2. The van der Waals surface area contributed by atoms with Gasteiger partial charge >= 0.3 is 6.03 Å². The van der Waals surface area contributed by atoms with Gasteiger partial charge in [0.15, 0.2) is 0 Å². The molecule has 0 aromatic heterocycles. The molecule has 0 spiro atoms. The third kappa shape index (κ3) is 4.95. The summed E-state index contributed by atoms with van der Waals surface area (Å²) in [6.07, 6.45) is -1.11. The van der Waals surface area contributed by atoms with Gasteiger partial charge in [-0.15, -0.1) is 0 Å². The van der Waals surface area contributed by atoms with E-state index in [0.29, 0.717) is 22.9 Å². The van der Waals surface area contributed by atoms with Gasteiger partial charge < -0.3 is 20.3 Å². The number of anilines is 2. The number of carbonyl (C=O) groups is 2. The van der Waals surface area contributed by atoms with Crippen LogP contribution in [-0.2, 0) is 4.79 Å². The van der Waals surface area contributed by atoms with Crippen LogP contribution in [0.3, 0.4) is 0 Å². The Morgan fingerprint density at radius 2 is 1.50 bits per heavy atom. The third-order valence-corrected chi connectivity index (χ3v) is 5.73. The molecule has 3 amide bonds. The quantitative estimate of drug-likeness (QED) is 0.402. The number of urea groups is 1. The molecule has 0 saturated carbocycles. The number of nitrogens with zero attached hydrogens (tertiary/aromatic N) is 2. The van der Waals surface area contributed by atoms with Crippen molar-refractivity contribution in [3.05, 3.63) is 120 Å². The topological polar surface area (TPSA) is 83.0 Å². The van der Waals surface area contributed by atoms with Crippen LogP contribution in [0.5, 0.6) is 11.5 Å². The lowest BCUT2D eigenvalue weighted by Crippen LogP contribution is -2.47. The number of fused-ring (bicyclic) bond motifs is 1. The van der Waals surface area contributed by atoms with E-state index in [9.17, 15) is 9.59 Å². The number of rotatable bonds is 5. The van der Waals surface area contributed by atoms with E-state index >= 15 is 0 Å². The largest absolute Gasteiger partial charge is 0.457 e. The monoisotopic (exact) mass is 476 g/mol. The van der Waals surface area contributed by atoms with Crippen LogP contribution in [0, 0.1) is 0 Å². The molecule has 7 heteroatoms. The Bertz CT molecular complexity index is 1420. The Balaban J connectivity index is 1.38. The second kappa shape index (κ2) is 10.1. The van der Waals surface area contributed by atoms with Crippen molar-refractivity contribution < 1.29 is 14.3 Å². The van der Waals surface area contributed by atoms with Crippen molar-refractivity contribution in [1.29, 1.82) is 0 Å². The molecule has 0 bridgehead atoms. The number of benzodiazepines with no additional fused rings is 1. The number of aliphatic imine (C=N–C) groups is 1. The summed E-state index contributed by atoms with van der Waals surface area (Å²) < 4.78 is 5.84. The predicted molar refractivity (Wildman–Crippen MR) is 141 cm³/mol. The number of nitrogens with one attached hydrogen (secondary N) is 2. The fraction of sp³-hybridized carbons (Fsp3) is 0.0690. The lowest BCUT2D eigenvalue weighted by molar-refractivity contribution is -0.119. The van der Waals surface area contributed by atoms with E-state index in [-0.39, 0.29) is 5.91 Å². The highest BCUT2D eigenvalue weighted by molar-refractivity contribution is 6.20. The van der Waals surface area contributed by atoms with Gasteiger partial charge in [0.25, 0.3) is 5.91 Å². The number of ether oxygens (including phenoxy) is 1. The average Bonchev–Trinajstić information content (AvgIpc) is 3.01. The van der Waals surface area contributed by atoms with E-state index in [4.69, 9.17) is 9.73 Å². The molecule has 1 heterocycles. The minimum atomic E-state index is -1.11. The van der Waals surface area contributed by atoms with Crippen LogP contribution in [0.15, 0.2) is 114 Å². The minimum Gasteiger partial charge on any atom is -0.457 e. The van der Waals surface area contributed by atoms with Crippen molar-refractivity contribution in [2.75, 3.05) is 17.3 Å². The van der Waals surface area contributed by atoms with E-state index in [1.807, 2.05) is 84.9 Å². The molecular formula is C29H24N4O3. The number of likely N-dealkylation sites (N-methyl/N-ethyl adjacent to an activating group) is 1. The van der Waals surface area contributed by atoms with Crippen LogP contribution in [-0.4, -0.2) is 30.9 Å². The second-order valence-electron chi connectivity index (χ2n) is 8.20. The molecule has 4 aromatic rings. The molecule has 0 aliphatic carbocycles. The summed E-state index contributed by atoms with van der Waals surface area (Å²) in [6.45, 7) is 0. The van der Waals surface area contributed by atoms with Gasteiger partial charge in [0.05, 0.1) is 11.4 Å². The van der Waals surface area contributed by atoms with Crippen LogP contribution in [0.2, 0.25) is 0 Å². The normalized spacial score (nSPS) is 14.8. The maximum atomic E-state index is 13.3. The van der Waals surface area contributed by atoms with Crippen LogP contribution >= 0.6 is 0 Å². The summed E-state index contributed by atoms with van der Waals surface area (Å²) >= 11 is 0. The maximum absolute atomic E-state index is 13.3. The summed E-state index contributed by atoms with van der Waals surface area (Å²) in [5, 5.41) is 5.50. The molecule has 5 rings (SSSR count). The molecule has 0 radical (unpaired) electrons. The first kappa shape index (κ1) is 22.9. The number of carbonyl (C=O) groups excluding carboxylic acids is 2. The van der Waals surface area contributed by atoms with E-state index in [0.717, 1.165) is 16.8 Å². The highest BCUT2D eigenvalue weighted by atomic mass is 16.5. The Morgan fingerprint density at radius 3 is 2.28 bits per heavy atom. The number of para-hydroxylation sites is 2. The van der Waals surface area contributed by atoms with Crippen LogP contribution in [0.1, 0.15) is 11.1 Å². The smallest absolute Gasteiger partial charge is 0.321 e. The van der Waals surface area contributed by atoms with E-state index in [1.165, 1.54) is 4.90 Å². The highest BCUT2D eigenvalue weighted by Crippen LogP contribution is 2.27. The Hall–Kier alpha value is -4.91. The standard InChI is InChI=1S/C29H24N4O3/c1-33-25-18-9-8-17-24(25)26(20-11-4-2-5-12-20)31-27(28(33)34)32-29(35)30-21-13-10-16-23(19-21)36-22-14-6-3-7-15-22/h2-19,27H,1H3,(H2,30,32,35)/t27-/m1/s1. The van der Waals surface area contributed by atoms with Crippen molar-refractivity contribution >= 4 is 29.0 Å². The molecule has 4 aromatic carbocycles. The Morgan fingerprint density at radius 1 is 0.833 bits per heavy atom. The van der Waals surface area contributed by atoms with Crippen molar-refractivity contribution in [1.82, 2.24) is 5.32 Å². The summed E-state index contributed by atoms with van der Waals surface area (Å²) in [6, 6.07) is 33.0. The van der Waals surface area contributed by atoms with E-state index < -0.39 is 12.2 Å². The van der Waals surface area contributed by atoms with Gasteiger partial charge in [-0.05, 0) is 30.3 Å². The van der Waals surface area contributed by atoms with Gasteiger partial charge in [0.2, 0.25) is 6.17 Å². The molecule has 1 aliphatic rings. The molecule has 0 saturated heterocycles. The number of hydrogen-bond acceptors (Lipinski definition) is 4. The lowest BCUT2D eigenvalue weighted by Gasteiger charge is -2.21. The predicted octanol–water partition coefficient (Wildman–Crippen LogP) is 5.44. The fourth-order valence-electron chi connectivity index (χ4n) is 4.00. The van der Waals surface area contributed by atoms with Crippen LogP contribution in [0.25, 0.3) is 0 Å². The minimum absolute atomic E-state index is 0.343. The molecule has 1 aliphatic heterocycles. The van der Waals surface area contributed by atoms with Gasteiger partial charge in [0, 0.05) is 29.9 Å². The molecule has 0 unspecified atom stereocenters. The van der Waals surface area contributed by atoms with Gasteiger partial charge in [-0.2, -0.15) is 0 Å². The highest BCUT2D eigenvalue weighted by Gasteiger charge is 2.30. The van der Waals surface area contributed by atoms with Crippen LogP contribution < -0.4 is 20.3 Å². The average molecular weight is 477 g/mol. The van der Waals surface area contributed by atoms with Crippen molar-refractivity contribution in [2.24, 2.45) is 4.99 Å². The first-order chi connectivity index (χ1) is 17.6. The summed E-state index contributed by atoms with van der Waals surface area (Å²) in [7, 11) is 1.68. The first-order valence-electron chi connectivity index (χ1n) is 11.5. The number of amides is 3. The number of benzene rings is 4. The molecular weight excluding hydrogens is 452 g/mol. The SMILES string of the molecule is CN1C(=O)[C@@H](NC(=O)Nc2cccc(Oc3ccccc3)c2)N=C(c2ccccc2)c2ccccc21. The lowest BCUT2D eigenvalue weighted by atomic mass is 10.0. The zero-order chi connectivity index (χ0) is 24.9. The second-order valence-corrected chi connectivity index (χ2v) is 8.20. The third-order valence-electron chi connectivity index (χ3n) is 5.73. The molecule has 7 nitrogen and oxygen atoms in total. The molecule has 0 fully saturated rings. The van der Waals surface area contributed by atoms with Gasteiger partial charge in [0.1, 0.15) is 11.5 Å². The van der Waals surface area contributed by atoms with Gasteiger partial charge in [-0.25, -0.2) is 9.79 Å². The zero-order valence-electron chi connectivity index (χ0n) is 19.6.